The predicted molar refractivity (Wildman–Crippen MR) is 84.3 cm³/mol. The van der Waals surface area contributed by atoms with E-state index in [4.69, 9.17) is 4.74 Å². The number of hydrogen-bond acceptors (Lipinski definition) is 4. The summed E-state index contributed by atoms with van der Waals surface area (Å²) in [5, 5.41) is 10.1. The number of ether oxygens (including phenoxy) is 1. The van der Waals surface area contributed by atoms with Gasteiger partial charge in [-0.2, -0.15) is 0 Å². The average Bonchev–Trinajstić information content (AvgIpc) is 2.89. The summed E-state index contributed by atoms with van der Waals surface area (Å²) in [6.07, 6.45) is 2.39. The third-order valence-corrected chi connectivity index (χ3v) is 4.07. The smallest absolute Gasteiger partial charge is 0.0949 e. The van der Waals surface area contributed by atoms with Gasteiger partial charge < -0.3 is 14.4 Å². The van der Waals surface area contributed by atoms with E-state index in [0.29, 0.717) is 19.8 Å². The van der Waals surface area contributed by atoms with E-state index in [1.165, 1.54) is 5.69 Å². The standard InChI is InChI=1S/C17H23N3O2/c1-19-13-18-16-10-20(8-7-17(16)19)9-15(21)12-22-11-14-5-3-2-4-6-14/h2-6,13,15,21H,7-12H2,1H3/t15-/m1/s1. The van der Waals surface area contributed by atoms with E-state index >= 15 is 0 Å². The van der Waals surface area contributed by atoms with Crippen LogP contribution in [0.4, 0.5) is 0 Å². The lowest BCUT2D eigenvalue weighted by Crippen LogP contribution is -2.38. The van der Waals surface area contributed by atoms with Gasteiger partial charge in [0, 0.05) is 38.8 Å². The van der Waals surface area contributed by atoms with Gasteiger partial charge in [0.15, 0.2) is 0 Å². The first-order valence-corrected chi connectivity index (χ1v) is 7.73. The lowest BCUT2D eigenvalue weighted by molar-refractivity contribution is 0.00744. The van der Waals surface area contributed by atoms with Crippen LogP contribution in [0.15, 0.2) is 36.7 Å². The first-order chi connectivity index (χ1) is 10.7. The summed E-state index contributed by atoms with van der Waals surface area (Å²) in [6.45, 7) is 3.31. The molecule has 3 rings (SSSR count). The zero-order valence-electron chi connectivity index (χ0n) is 13.0. The first kappa shape index (κ1) is 15.2. The van der Waals surface area contributed by atoms with Crippen LogP contribution >= 0.6 is 0 Å². The second-order valence-electron chi connectivity index (χ2n) is 5.89. The minimum absolute atomic E-state index is 0.362. The molecule has 0 spiro atoms. The normalized spacial score (nSPS) is 16.5. The first-order valence-electron chi connectivity index (χ1n) is 7.73. The molecule has 0 unspecified atom stereocenters. The number of β-amino-alcohol motifs (C(OH)–C–C–N with tert-alkyl or cyclic N) is 1. The number of rotatable bonds is 6. The number of imidazole rings is 1. The van der Waals surface area contributed by atoms with Crippen LogP contribution in [-0.2, 0) is 31.4 Å². The van der Waals surface area contributed by atoms with Crippen LogP contribution in [0, 0.1) is 0 Å². The maximum absolute atomic E-state index is 10.1. The van der Waals surface area contributed by atoms with Crippen molar-refractivity contribution < 1.29 is 9.84 Å². The van der Waals surface area contributed by atoms with Gasteiger partial charge in [0.2, 0.25) is 0 Å². The Labute approximate surface area is 131 Å². The molecule has 22 heavy (non-hydrogen) atoms. The van der Waals surface area contributed by atoms with Crippen LogP contribution < -0.4 is 0 Å². The summed E-state index contributed by atoms with van der Waals surface area (Å²) in [5.74, 6) is 0. The van der Waals surface area contributed by atoms with Crippen LogP contribution in [0.2, 0.25) is 0 Å². The molecule has 5 heteroatoms. The summed E-state index contributed by atoms with van der Waals surface area (Å²) >= 11 is 0. The Morgan fingerprint density at radius 1 is 1.32 bits per heavy atom. The molecule has 2 aromatic rings. The zero-order chi connectivity index (χ0) is 15.4. The highest BCUT2D eigenvalue weighted by Gasteiger charge is 2.21. The molecule has 1 aromatic heterocycles. The molecular weight excluding hydrogens is 278 g/mol. The third-order valence-electron chi connectivity index (χ3n) is 4.07. The maximum atomic E-state index is 10.1. The SMILES string of the molecule is Cn1cnc2c1CCN(C[C@@H](O)COCc1ccccc1)C2. The molecule has 1 aliphatic heterocycles. The Morgan fingerprint density at radius 2 is 2.14 bits per heavy atom. The average molecular weight is 301 g/mol. The van der Waals surface area contributed by atoms with Gasteiger partial charge in [-0.3, -0.25) is 4.90 Å². The van der Waals surface area contributed by atoms with Crippen molar-refractivity contribution in [3.8, 4) is 0 Å². The summed E-state index contributed by atoms with van der Waals surface area (Å²) in [5.41, 5.74) is 3.57. The van der Waals surface area contributed by atoms with Crippen molar-refractivity contribution in [2.24, 2.45) is 7.05 Å². The van der Waals surface area contributed by atoms with Gasteiger partial charge in [-0.05, 0) is 5.56 Å². The number of hydrogen-bond donors (Lipinski definition) is 1. The molecule has 0 aliphatic carbocycles. The lowest BCUT2D eigenvalue weighted by atomic mass is 10.1. The topological polar surface area (TPSA) is 50.5 Å². The van der Waals surface area contributed by atoms with Crippen molar-refractivity contribution in [1.82, 2.24) is 14.5 Å². The summed E-state index contributed by atoms with van der Waals surface area (Å²) in [4.78, 5) is 6.67. The molecule has 0 radical (unpaired) electrons. The van der Waals surface area contributed by atoms with E-state index in [2.05, 4.69) is 14.5 Å². The minimum Gasteiger partial charge on any atom is -0.389 e. The molecule has 118 valence electrons. The molecule has 0 fully saturated rings. The minimum atomic E-state index is -0.464. The van der Waals surface area contributed by atoms with Gasteiger partial charge in [0.25, 0.3) is 0 Å². The van der Waals surface area contributed by atoms with E-state index in [1.54, 1.807) is 0 Å². The van der Waals surface area contributed by atoms with Gasteiger partial charge in [-0.1, -0.05) is 30.3 Å². The lowest BCUT2D eigenvalue weighted by Gasteiger charge is -2.28. The molecule has 0 saturated carbocycles. The van der Waals surface area contributed by atoms with Crippen LogP contribution in [0.5, 0.6) is 0 Å². The zero-order valence-corrected chi connectivity index (χ0v) is 13.0. The molecule has 0 saturated heterocycles. The summed E-state index contributed by atoms with van der Waals surface area (Å²) in [6, 6.07) is 10.0. The van der Waals surface area contributed by atoms with E-state index in [9.17, 15) is 5.11 Å². The highest BCUT2D eigenvalue weighted by molar-refractivity contribution is 5.16. The Hall–Kier alpha value is -1.69. The Kier molecular flexibility index (Phi) is 4.87. The molecule has 1 aliphatic rings. The fraction of sp³-hybridized carbons (Fsp3) is 0.471. The van der Waals surface area contributed by atoms with Gasteiger partial charge in [0.05, 0.1) is 31.3 Å². The number of aryl methyl sites for hydroxylation is 1. The number of aliphatic hydroxyl groups is 1. The number of nitrogens with zero attached hydrogens (tertiary/aromatic N) is 3. The molecule has 1 N–H and O–H groups in total. The van der Waals surface area contributed by atoms with E-state index in [0.717, 1.165) is 30.8 Å². The fourth-order valence-corrected chi connectivity index (χ4v) is 2.91. The predicted octanol–water partition coefficient (Wildman–Crippen LogP) is 1.36. The fourth-order valence-electron chi connectivity index (χ4n) is 2.91. The number of aliphatic hydroxyl groups excluding tert-OH is 1. The molecule has 0 amide bonds. The largest absolute Gasteiger partial charge is 0.389 e. The van der Waals surface area contributed by atoms with Crippen LogP contribution in [0.1, 0.15) is 17.0 Å². The molecular formula is C17H23N3O2. The monoisotopic (exact) mass is 301 g/mol. The van der Waals surface area contributed by atoms with E-state index in [1.807, 2.05) is 43.7 Å². The summed E-state index contributed by atoms with van der Waals surface area (Å²) < 4.78 is 7.69. The number of benzene rings is 1. The number of aromatic nitrogens is 2. The molecule has 2 heterocycles. The highest BCUT2D eigenvalue weighted by atomic mass is 16.5. The second kappa shape index (κ2) is 7.05. The summed E-state index contributed by atoms with van der Waals surface area (Å²) in [7, 11) is 2.04. The van der Waals surface area contributed by atoms with Crippen molar-refractivity contribution in [3.63, 3.8) is 0 Å². The molecule has 5 nitrogen and oxygen atoms in total. The van der Waals surface area contributed by atoms with Gasteiger partial charge in [-0.15, -0.1) is 0 Å². The van der Waals surface area contributed by atoms with E-state index < -0.39 is 6.10 Å². The highest BCUT2D eigenvalue weighted by Crippen LogP contribution is 2.17. The van der Waals surface area contributed by atoms with Crippen LogP contribution in [-0.4, -0.2) is 45.4 Å². The Morgan fingerprint density at radius 3 is 2.95 bits per heavy atom. The van der Waals surface area contributed by atoms with Crippen molar-refractivity contribution in [1.29, 1.82) is 0 Å². The van der Waals surface area contributed by atoms with Crippen molar-refractivity contribution in [2.45, 2.75) is 25.7 Å². The third kappa shape index (κ3) is 3.74. The van der Waals surface area contributed by atoms with Gasteiger partial charge >= 0.3 is 0 Å². The Balaban J connectivity index is 1.42. The molecule has 1 aromatic carbocycles. The Bertz CT molecular complexity index is 597. The van der Waals surface area contributed by atoms with Crippen molar-refractivity contribution in [3.05, 3.63) is 53.6 Å². The quantitative estimate of drug-likeness (QED) is 0.875. The van der Waals surface area contributed by atoms with Crippen molar-refractivity contribution >= 4 is 0 Å². The van der Waals surface area contributed by atoms with Gasteiger partial charge in [-0.25, -0.2) is 4.98 Å². The van der Waals surface area contributed by atoms with E-state index in [-0.39, 0.29) is 0 Å². The molecule has 0 bridgehead atoms. The van der Waals surface area contributed by atoms with Crippen molar-refractivity contribution in [2.75, 3.05) is 19.7 Å². The maximum Gasteiger partial charge on any atom is 0.0949 e. The van der Waals surface area contributed by atoms with Gasteiger partial charge in [0.1, 0.15) is 0 Å². The molecule has 1 atom stereocenters. The number of fused-ring (bicyclic) bond motifs is 1. The second-order valence-corrected chi connectivity index (χ2v) is 5.89. The van der Waals surface area contributed by atoms with Crippen LogP contribution in [0.25, 0.3) is 0 Å². The van der Waals surface area contributed by atoms with Crippen LogP contribution in [0.3, 0.4) is 0 Å².